The Hall–Kier alpha value is -1.35. The fourth-order valence-electron chi connectivity index (χ4n) is 2.14. The van der Waals surface area contributed by atoms with Crippen molar-refractivity contribution in [2.45, 2.75) is 40.2 Å². The molecular weight excluding hydrogens is 431 g/mol. The molecule has 3 N–H and O–H groups in total. The Labute approximate surface area is 168 Å². The molecule has 0 bridgehead atoms. The number of carbonyl (C=O) groups is 1. The van der Waals surface area contributed by atoms with Crippen molar-refractivity contribution in [3.8, 4) is 0 Å². The number of anilines is 1. The molecule has 0 atom stereocenters. The van der Waals surface area contributed by atoms with Crippen LogP contribution in [0.15, 0.2) is 29.3 Å². The minimum absolute atomic E-state index is 0. The number of nitrogens with one attached hydrogen (secondary N) is 3. The van der Waals surface area contributed by atoms with E-state index >= 15 is 0 Å². The molecule has 0 aromatic heterocycles. The van der Waals surface area contributed by atoms with Crippen molar-refractivity contribution in [2.75, 3.05) is 31.6 Å². The summed E-state index contributed by atoms with van der Waals surface area (Å²) in [5, 5.41) is 9.35. The number of unbranched alkanes of at least 4 members (excludes halogenated alkanes) is 1. The molecule has 1 aromatic carbocycles. The van der Waals surface area contributed by atoms with Gasteiger partial charge in [-0.05, 0) is 44.4 Å². The molecule has 0 fully saturated rings. The lowest BCUT2D eigenvalue weighted by Crippen LogP contribution is -2.37. The molecular formula is C18H31IN4O2. The first-order valence-electron chi connectivity index (χ1n) is 8.62. The molecule has 0 heterocycles. The normalized spacial score (nSPS) is 10.8. The third-order valence-electron chi connectivity index (χ3n) is 3.22. The third kappa shape index (κ3) is 11.8. The van der Waals surface area contributed by atoms with E-state index in [1.54, 1.807) is 0 Å². The lowest BCUT2D eigenvalue weighted by molar-refractivity contribution is -0.114. The molecule has 0 unspecified atom stereocenters. The Balaban J connectivity index is 0.00000576. The van der Waals surface area contributed by atoms with Crippen LogP contribution in [0, 0.1) is 0 Å². The molecule has 25 heavy (non-hydrogen) atoms. The lowest BCUT2D eigenvalue weighted by atomic mass is 10.2. The van der Waals surface area contributed by atoms with Gasteiger partial charge in [-0.15, -0.1) is 24.0 Å². The van der Waals surface area contributed by atoms with E-state index < -0.39 is 0 Å². The maximum Gasteiger partial charge on any atom is 0.221 e. The van der Waals surface area contributed by atoms with Crippen LogP contribution in [-0.2, 0) is 16.1 Å². The van der Waals surface area contributed by atoms with Crippen LogP contribution in [0.1, 0.15) is 39.2 Å². The number of aliphatic imine (C=N–C) groups is 1. The van der Waals surface area contributed by atoms with E-state index in [0.717, 1.165) is 56.4 Å². The number of guanidine groups is 1. The number of carbonyl (C=O) groups excluding carboxylic acids is 1. The Bertz CT molecular complexity index is 524. The van der Waals surface area contributed by atoms with Gasteiger partial charge in [0.15, 0.2) is 5.96 Å². The number of hydrogen-bond acceptors (Lipinski definition) is 3. The lowest BCUT2D eigenvalue weighted by Gasteiger charge is -2.11. The molecule has 0 aliphatic heterocycles. The van der Waals surface area contributed by atoms with Gasteiger partial charge in [0.2, 0.25) is 5.91 Å². The highest BCUT2D eigenvalue weighted by Crippen LogP contribution is 2.11. The predicted octanol–water partition coefficient (Wildman–Crippen LogP) is 3.13. The summed E-state index contributed by atoms with van der Waals surface area (Å²) in [5.74, 6) is 0.733. The number of rotatable bonds is 10. The van der Waals surface area contributed by atoms with Gasteiger partial charge in [-0.2, -0.15) is 0 Å². The summed E-state index contributed by atoms with van der Waals surface area (Å²) in [5.41, 5.74) is 1.85. The highest BCUT2D eigenvalue weighted by Gasteiger charge is 2.00. The monoisotopic (exact) mass is 462 g/mol. The molecule has 1 rings (SSSR count). The van der Waals surface area contributed by atoms with E-state index in [4.69, 9.17) is 4.74 Å². The highest BCUT2D eigenvalue weighted by atomic mass is 127. The maximum atomic E-state index is 11.1. The minimum atomic E-state index is -0.0716. The summed E-state index contributed by atoms with van der Waals surface area (Å²) in [4.78, 5) is 15.7. The topological polar surface area (TPSA) is 74.8 Å². The second-order valence-electron chi connectivity index (χ2n) is 5.41. The first-order chi connectivity index (χ1) is 11.7. The van der Waals surface area contributed by atoms with Crippen molar-refractivity contribution >= 4 is 41.5 Å². The predicted molar refractivity (Wildman–Crippen MR) is 115 cm³/mol. The van der Waals surface area contributed by atoms with Gasteiger partial charge in [0, 0.05) is 38.9 Å². The molecule has 6 nitrogen and oxygen atoms in total. The molecule has 1 amide bonds. The zero-order valence-electron chi connectivity index (χ0n) is 15.4. The molecule has 0 aliphatic rings. The fourth-order valence-corrected chi connectivity index (χ4v) is 2.14. The maximum absolute atomic E-state index is 11.1. The molecule has 7 heteroatoms. The Morgan fingerprint density at radius 3 is 2.68 bits per heavy atom. The van der Waals surface area contributed by atoms with Gasteiger partial charge in [0.05, 0.1) is 6.54 Å². The zero-order chi connectivity index (χ0) is 17.6. The van der Waals surface area contributed by atoms with Crippen LogP contribution in [0.5, 0.6) is 0 Å². The minimum Gasteiger partial charge on any atom is -0.382 e. The average Bonchev–Trinajstić information content (AvgIpc) is 2.55. The summed E-state index contributed by atoms with van der Waals surface area (Å²) in [6, 6.07) is 7.73. The molecule has 0 radical (unpaired) electrons. The van der Waals surface area contributed by atoms with E-state index in [1.807, 2.05) is 38.1 Å². The van der Waals surface area contributed by atoms with Crippen molar-refractivity contribution < 1.29 is 9.53 Å². The Kier molecular flexibility index (Phi) is 14.1. The van der Waals surface area contributed by atoms with Crippen LogP contribution in [0.25, 0.3) is 0 Å². The third-order valence-corrected chi connectivity index (χ3v) is 3.22. The van der Waals surface area contributed by atoms with Gasteiger partial charge in [0.1, 0.15) is 0 Å². The van der Waals surface area contributed by atoms with Gasteiger partial charge in [-0.3, -0.25) is 4.79 Å². The molecule has 0 saturated carbocycles. The Morgan fingerprint density at radius 2 is 2.00 bits per heavy atom. The highest BCUT2D eigenvalue weighted by molar-refractivity contribution is 14.0. The smallest absolute Gasteiger partial charge is 0.221 e. The molecule has 142 valence electrons. The van der Waals surface area contributed by atoms with Crippen LogP contribution in [0.4, 0.5) is 5.69 Å². The average molecular weight is 462 g/mol. The van der Waals surface area contributed by atoms with Crippen LogP contribution < -0.4 is 16.0 Å². The van der Waals surface area contributed by atoms with E-state index in [9.17, 15) is 4.79 Å². The van der Waals surface area contributed by atoms with Gasteiger partial charge in [-0.25, -0.2) is 4.99 Å². The van der Waals surface area contributed by atoms with Gasteiger partial charge >= 0.3 is 0 Å². The van der Waals surface area contributed by atoms with Gasteiger partial charge in [0.25, 0.3) is 0 Å². The fraction of sp³-hybridized carbons (Fsp3) is 0.556. The van der Waals surface area contributed by atoms with E-state index in [-0.39, 0.29) is 29.9 Å². The van der Waals surface area contributed by atoms with E-state index in [1.165, 1.54) is 6.92 Å². The molecule has 0 aliphatic carbocycles. The summed E-state index contributed by atoms with van der Waals surface area (Å²) in [7, 11) is 0. The van der Waals surface area contributed by atoms with Crippen LogP contribution in [0.3, 0.4) is 0 Å². The van der Waals surface area contributed by atoms with Crippen LogP contribution in [-0.4, -0.2) is 38.2 Å². The van der Waals surface area contributed by atoms with Crippen molar-refractivity contribution in [3.63, 3.8) is 0 Å². The number of halogens is 1. The second-order valence-corrected chi connectivity index (χ2v) is 5.41. The summed E-state index contributed by atoms with van der Waals surface area (Å²) >= 11 is 0. The van der Waals surface area contributed by atoms with Gasteiger partial charge in [-0.1, -0.05) is 12.1 Å². The van der Waals surface area contributed by atoms with Crippen molar-refractivity contribution in [1.82, 2.24) is 10.6 Å². The van der Waals surface area contributed by atoms with Gasteiger partial charge < -0.3 is 20.7 Å². The number of hydrogen-bond donors (Lipinski definition) is 3. The molecule has 0 spiro atoms. The standard InChI is InChI=1S/C18H30N4O2.HI/c1-4-19-18(20-11-6-7-12-24-5-2)21-14-16-9-8-10-17(13-16)22-15(3)23;/h8-10,13H,4-7,11-12,14H2,1-3H3,(H,22,23)(H2,19,20,21);1H. The number of amides is 1. The SMILES string of the molecule is CCNC(=NCc1cccc(NC(C)=O)c1)NCCCCOCC.I. The van der Waals surface area contributed by atoms with E-state index in [0.29, 0.717) is 6.54 Å². The van der Waals surface area contributed by atoms with Crippen molar-refractivity contribution in [3.05, 3.63) is 29.8 Å². The number of benzene rings is 1. The zero-order valence-corrected chi connectivity index (χ0v) is 17.8. The van der Waals surface area contributed by atoms with Crippen LogP contribution >= 0.6 is 24.0 Å². The number of ether oxygens (including phenoxy) is 1. The summed E-state index contributed by atoms with van der Waals surface area (Å²) in [6.45, 7) is 9.38. The summed E-state index contributed by atoms with van der Waals surface area (Å²) in [6.07, 6.45) is 2.08. The first kappa shape index (κ1) is 23.6. The van der Waals surface area contributed by atoms with Crippen molar-refractivity contribution in [2.24, 2.45) is 4.99 Å². The summed E-state index contributed by atoms with van der Waals surface area (Å²) < 4.78 is 5.33. The quantitative estimate of drug-likeness (QED) is 0.216. The largest absolute Gasteiger partial charge is 0.382 e. The van der Waals surface area contributed by atoms with Crippen LogP contribution in [0.2, 0.25) is 0 Å². The number of nitrogens with zero attached hydrogens (tertiary/aromatic N) is 1. The second kappa shape index (κ2) is 14.9. The van der Waals surface area contributed by atoms with Crippen molar-refractivity contribution in [1.29, 1.82) is 0 Å². The molecule has 0 saturated heterocycles. The molecule has 1 aromatic rings. The first-order valence-corrected chi connectivity index (χ1v) is 8.62. The Morgan fingerprint density at radius 1 is 1.20 bits per heavy atom. The van der Waals surface area contributed by atoms with E-state index in [2.05, 4.69) is 20.9 Å².